The number of rotatable bonds is 6. The maximum atomic E-state index is 12.3. The predicted octanol–water partition coefficient (Wildman–Crippen LogP) is 3.05. The lowest BCUT2D eigenvalue weighted by Gasteiger charge is -2.18. The maximum Gasteiger partial charge on any atom is 0.305 e. The third-order valence-electron chi connectivity index (χ3n) is 3.59. The average Bonchev–Trinajstić information content (AvgIpc) is 2.96. The topological polar surface area (TPSA) is 92.4 Å². The number of hydrogen-bond acceptors (Lipinski definition) is 4. The molecule has 0 aliphatic heterocycles. The summed E-state index contributed by atoms with van der Waals surface area (Å²) in [4.78, 5) is 23.4. The Morgan fingerprint density at radius 2 is 2.00 bits per heavy atom. The number of aliphatic carboxylic acids is 1. The molecule has 1 heterocycles. The molecule has 2 rings (SSSR count). The molecule has 1 aromatic carbocycles. The number of nitrogens with zero attached hydrogens (tertiary/aromatic N) is 1. The van der Waals surface area contributed by atoms with Gasteiger partial charge in [0.1, 0.15) is 0 Å². The van der Waals surface area contributed by atoms with Crippen LogP contribution in [0.2, 0.25) is 0 Å². The van der Waals surface area contributed by atoms with Gasteiger partial charge in [0.25, 0.3) is 5.91 Å². The summed E-state index contributed by atoms with van der Waals surface area (Å²) >= 11 is 0. The molecule has 0 saturated heterocycles. The van der Waals surface area contributed by atoms with Crippen molar-refractivity contribution in [3.05, 3.63) is 52.9 Å². The van der Waals surface area contributed by atoms with Crippen LogP contribution in [0.4, 0.5) is 0 Å². The molecular formula is C17H20N2O4. The fraction of sp³-hybridized carbons (Fsp3) is 0.353. The minimum absolute atomic E-state index is 0.0812. The molecule has 6 nitrogen and oxygen atoms in total. The summed E-state index contributed by atoms with van der Waals surface area (Å²) in [6.07, 6.45) is -0.207. The zero-order valence-corrected chi connectivity index (χ0v) is 13.4. The van der Waals surface area contributed by atoms with Crippen LogP contribution in [0.1, 0.15) is 59.6 Å². The van der Waals surface area contributed by atoms with E-state index in [2.05, 4.69) is 10.5 Å². The van der Waals surface area contributed by atoms with E-state index >= 15 is 0 Å². The first-order chi connectivity index (χ1) is 10.9. The van der Waals surface area contributed by atoms with Gasteiger partial charge in [-0.1, -0.05) is 43.3 Å². The highest BCUT2D eigenvalue weighted by Gasteiger charge is 2.22. The minimum Gasteiger partial charge on any atom is -0.481 e. The highest BCUT2D eigenvalue weighted by Crippen LogP contribution is 2.22. The Hall–Kier alpha value is -2.63. The van der Waals surface area contributed by atoms with Crippen molar-refractivity contribution < 1.29 is 19.2 Å². The van der Waals surface area contributed by atoms with E-state index in [4.69, 9.17) is 9.63 Å². The summed E-state index contributed by atoms with van der Waals surface area (Å²) in [5.41, 5.74) is 2.37. The van der Waals surface area contributed by atoms with Crippen molar-refractivity contribution in [2.75, 3.05) is 0 Å². The first-order valence-electron chi connectivity index (χ1n) is 7.43. The molecule has 0 spiro atoms. The van der Waals surface area contributed by atoms with E-state index in [1.807, 2.05) is 45.0 Å². The normalized spacial score (nSPS) is 12.2. The van der Waals surface area contributed by atoms with Gasteiger partial charge in [0.2, 0.25) is 5.76 Å². The van der Waals surface area contributed by atoms with Gasteiger partial charge in [-0.15, -0.1) is 0 Å². The van der Waals surface area contributed by atoms with Crippen molar-refractivity contribution >= 4 is 11.9 Å². The van der Waals surface area contributed by atoms with Crippen LogP contribution in [0.5, 0.6) is 0 Å². The summed E-state index contributed by atoms with van der Waals surface area (Å²) in [7, 11) is 0. The molecule has 0 aliphatic rings. The molecule has 122 valence electrons. The predicted molar refractivity (Wildman–Crippen MR) is 84.2 cm³/mol. The highest BCUT2D eigenvalue weighted by atomic mass is 16.5. The van der Waals surface area contributed by atoms with Gasteiger partial charge in [0.15, 0.2) is 0 Å². The van der Waals surface area contributed by atoms with E-state index in [-0.39, 0.29) is 18.1 Å². The Bertz CT molecular complexity index is 706. The van der Waals surface area contributed by atoms with Crippen LogP contribution in [-0.4, -0.2) is 22.1 Å². The number of benzene rings is 1. The number of nitrogens with one attached hydrogen (secondary N) is 1. The number of hydrogen-bond donors (Lipinski definition) is 2. The fourth-order valence-electron chi connectivity index (χ4n) is 2.29. The molecule has 0 saturated carbocycles. The summed E-state index contributed by atoms with van der Waals surface area (Å²) in [6, 6.07) is 8.31. The van der Waals surface area contributed by atoms with Crippen molar-refractivity contribution in [3.63, 3.8) is 0 Å². The van der Waals surface area contributed by atoms with Gasteiger partial charge >= 0.3 is 5.97 Å². The van der Waals surface area contributed by atoms with Crippen LogP contribution in [0.3, 0.4) is 0 Å². The Labute approximate surface area is 134 Å². The first kappa shape index (κ1) is 16.7. The molecule has 0 bridgehead atoms. The van der Waals surface area contributed by atoms with Gasteiger partial charge in [0.05, 0.1) is 18.2 Å². The van der Waals surface area contributed by atoms with Gasteiger partial charge in [0, 0.05) is 6.07 Å². The maximum absolute atomic E-state index is 12.3. The third kappa shape index (κ3) is 4.18. The van der Waals surface area contributed by atoms with Crippen molar-refractivity contribution in [3.8, 4) is 0 Å². The van der Waals surface area contributed by atoms with Crippen LogP contribution < -0.4 is 5.32 Å². The zero-order valence-electron chi connectivity index (χ0n) is 13.4. The smallest absolute Gasteiger partial charge is 0.305 e. The van der Waals surface area contributed by atoms with E-state index in [9.17, 15) is 9.59 Å². The average molecular weight is 316 g/mol. The molecule has 1 atom stereocenters. The van der Waals surface area contributed by atoms with Crippen molar-refractivity contribution in [2.24, 2.45) is 0 Å². The molecule has 1 aromatic heterocycles. The Morgan fingerprint density at radius 3 is 2.57 bits per heavy atom. The van der Waals surface area contributed by atoms with E-state index in [0.29, 0.717) is 5.69 Å². The summed E-state index contributed by atoms with van der Waals surface area (Å²) < 4.78 is 5.05. The monoisotopic (exact) mass is 316 g/mol. The second-order valence-corrected chi connectivity index (χ2v) is 5.75. The summed E-state index contributed by atoms with van der Waals surface area (Å²) in [6.45, 7) is 5.77. The quantitative estimate of drug-likeness (QED) is 0.854. The molecule has 23 heavy (non-hydrogen) atoms. The molecular weight excluding hydrogens is 296 g/mol. The Balaban J connectivity index is 2.21. The number of aromatic nitrogens is 1. The molecule has 1 amide bonds. The lowest BCUT2D eigenvalue weighted by molar-refractivity contribution is -0.137. The van der Waals surface area contributed by atoms with Crippen LogP contribution in [0.15, 0.2) is 34.9 Å². The Morgan fingerprint density at radius 1 is 1.30 bits per heavy atom. The van der Waals surface area contributed by atoms with Crippen LogP contribution in [-0.2, 0) is 4.79 Å². The molecule has 0 aliphatic carbocycles. The number of carboxylic acid groups (broad SMARTS) is 1. The molecule has 0 fully saturated rings. The summed E-state index contributed by atoms with van der Waals surface area (Å²) in [5.74, 6) is -1.23. The third-order valence-corrected chi connectivity index (χ3v) is 3.59. The second kappa shape index (κ2) is 7.09. The van der Waals surface area contributed by atoms with Crippen molar-refractivity contribution in [2.45, 2.75) is 39.2 Å². The fourth-order valence-corrected chi connectivity index (χ4v) is 2.29. The lowest BCUT2D eigenvalue weighted by atomic mass is 9.98. The number of amides is 1. The molecule has 2 N–H and O–H groups in total. The lowest BCUT2D eigenvalue weighted by Crippen LogP contribution is -2.30. The van der Waals surface area contributed by atoms with E-state index in [0.717, 1.165) is 11.1 Å². The van der Waals surface area contributed by atoms with Gasteiger partial charge < -0.3 is 14.9 Å². The number of aryl methyl sites for hydroxylation is 1. The SMILES string of the molecule is Cc1ccccc1C(CC(=O)O)NC(=O)c1cc(C(C)C)no1. The van der Waals surface area contributed by atoms with E-state index < -0.39 is 17.9 Å². The van der Waals surface area contributed by atoms with Gasteiger partial charge in [-0.25, -0.2) is 0 Å². The first-order valence-corrected chi connectivity index (χ1v) is 7.43. The molecule has 1 unspecified atom stereocenters. The largest absolute Gasteiger partial charge is 0.481 e. The van der Waals surface area contributed by atoms with Crippen LogP contribution in [0.25, 0.3) is 0 Å². The molecule has 0 radical (unpaired) electrons. The minimum atomic E-state index is -0.987. The second-order valence-electron chi connectivity index (χ2n) is 5.75. The van der Waals surface area contributed by atoms with Gasteiger partial charge in [-0.05, 0) is 24.0 Å². The number of carbonyl (C=O) groups is 2. The molecule has 6 heteroatoms. The van der Waals surface area contributed by atoms with Crippen LogP contribution >= 0.6 is 0 Å². The highest BCUT2D eigenvalue weighted by molar-refractivity contribution is 5.92. The van der Waals surface area contributed by atoms with Crippen LogP contribution in [0, 0.1) is 6.92 Å². The zero-order chi connectivity index (χ0) is 17.0. The summed E-state index contributed by atoms with van der Waals surface area (Å²) in [5, 5.41) is 15.7. The van der Waals surface area contributed by atoms with E-state index in [1.54, 1.807) is 6.07 Å². The van der Waals surface area contributed by atoms with Crippen molar-refractivity contribution in [1.82, 2.24) is 10.5 Å². The van der Waals surface area contributed by atoms with Gasteiger partial charge in [-0.3, -0.25) is 9.59 Å². The Kier molecular flexibility index (Phi) is 5.16. The van der Waals surface area contributed by atoms with Crippen molar-refractivity contribution in [1.29, 1.82) is 0 Å². The number of carboxylic acids is 1. The number of carbonyl (C=O) groups excluding carboxylic acids is 1. The van der Waals surface area contributed by atoms with E-state index in [1.165, 1.54) is 0 Å². The molecule has 2 aromatic rings. The standard InChI is InChI=1S/C17H20N2O4/c1-10(2)13-8-15(23-19-13)17(22)18-14(9-16(20)21)12-7-5-4-6-11(12)3/h4-8,10,14H,9H2,1-3H3,(H,18,22)(H,20,21). The van der Waals surface area contributed by atoms with Gasteiger partial charge in [-0.2, -0.15) is 0 Å².